The molecule has 0 radical (unpaired) electrons. The summed E-state index contributed by atoms with van der Waals surface area (Å²) in [6.45, 7) is 2.91. The molecule has 0 fully saturated rings. The standard InChI is InChI=1S/C37H30BrN3O2/c1-27-36(30-16-11-17-32(38)22-30)37(41(40-27)33-18-9-4-10-19-33)39-24-31-20-21-34(42-25-28-12-5-2-6-13-28)23-35(31)43-26-29-14-7-3-8-15-29/h2-24H,25-26H2,1H3. The normalized spacial score (nSPS) is 11.1. The number of aromatic nitrogens is 2. The predicted octanol–water partition coefficient (Wildman–Crippen LogP) is 9.52. The van der Waals surface area contributed by atoms with Crippen molar-refractivity contribution in [3.8, 4) is 28.3 Å². The third kappa shape index (κ3) is 6.93. The van der Waals surface area contributed by atoms with Gasteiger partial charge in [0, 0.05) is 27.9 Å². The van der Waals surface area contributed by atoms with Crippen molar-refractivity contribution in [1.29, 1.82) is 0 Å². The molecule has 5 nitrogen and oxygen atoms in total. The lowest BCUT2D eigenvalue weighted by molar-refractivity contribution is 0.289. The van der Waals surface area contributed by atoms with Crippen LogP contribution in [0.5, 0.6) is 11.5 Å². The highest BCUT2D eigenvalue weighted by molar-refractivity contribution is 9.10. The minimum Gasteiger partial charge on any atom is -0.489 e. The van der Waals surface area contributed by atoms with Gasteiger partial charge in [0.25, 0.3) is 0 Å². The first-order valence-electron chi connectivity index (χ1n) is 14.1. The van der Waals surface area contributed by atoms with Crippen molar-refractivity contribution in [2.75, 3.05) is 0 Å². The van der Waals surface area contributed by atoms with E-state index >= 15 is 0 Å². The van der Waals surface area contributed by atoms with Crippen molar-refractivity contribution < 1.29 is 9.47 Å². The molecule has 0 saturated heterocycles. The monoisotopic (exact) mass is 627 g/mol. The molecule has 0 aliphatic heterocycles. The summed E-state index contributed by atoms with van der Waals surface area (Å²) in [5.41, 5.74) is 6.84. The molecule has 6 rings (SSSR count). The van der Waals surface area contributed by atoms with Gasteiger partial charge < -0.3 is 9.47 Å². The Morgan fingerprint density at radius 1 is 0.721 bits per heavy atom. The Bertz CT molecular complexity index is 1840. The second kappa shape index (κ2) is 13.4. The molecule has 6 aromatic rings. The fourth-order valence-corrected chi connectivity index (χ4v) is 5.21. The van der Waals surface area contributed by atoms with Crippen LogP contribution in [0.25, 0.3) is 16.8 Å². The minimum absolute atomic E-state index is 0.425. The topological polar surface area (TPSA) is 48.6 Å². The van der Waals surface area contributed by atoms with Gasteiger partial charge in [0.15, 0.2) is 5.82 Å². The fraction of sp³-hybridized carbons (Fsp3) is 0.0811. The first-order chi connectivity index (χ1) is 21.1. The Morgan fingerprint density at radius 2 is 1.37 bits per heavy atom. The number of rotatable bonds is 10. The molecule has 43 heavy (non-hydrogen) atoms. The average Bonchev–Trinajstić information content (AvgIpc) is 3.39. The van der Waals surface area contributed by atoms with E-state index in [1.807, 2.05) is 115 Å². The molecule has 0 bridgehead atoms. The maximum absolute atomic E-state index is 6.36. The zero-order chi connectivity index (χ0) is 29.4. The molecule has 0 saturated carbocycles. The lowest BCUT2D eigenvalue weighted by atomic mass is 10.1. The van der Waals surface area contributed by atoms with Crippen LogP contribution in [0.1, 0.15) is 22.4 Å². The first-order valence-corrected chi connectivity index (χ1v) is 14.9. The highest BCUT2D eigenvalue weighted by atomic mass is 79.9. The second-order valence-corrected chi connectivity index (χ2v) is 11.0. The third-order valence-corrected chi connectivity index (χ3v) is 7.44. The van der Waals surface area contributed by atoms with E-state index in [0.717, 1.165) is 55.2 Å². The van der Waals surface area contributed by atoms with Gasteiger partial charge in [-0.2, -0.15) is 5.10 Å². The molecule has 212 valence electrons. The quantitative estimate of drug-likeness (QED) is 0.142. The van der Waals surface area contributed by atoms with E-state index in [0.29, 0.717) is 19.0 Å². The predicted molar refractivity (Wildman–Crippen MR) is 177 cm³/mol. The summed E-state index contributed by atoms with van der Waals surface area (Å²) >= 11 is 3.62. The van der Waals surface area contributed by atoms with Crippen LogP contribution in [0, 0.1) is 6.92 Å². The highest BCUT2D eigenvalue weighted by Gasteiger charge is 2.18. The van der Waals surface area contributed by atoms with Crippen LogP contribution in [-0.4, -0.2) is 16.0 Å². The number of aryl methyl sites for hydroxylation is 1. The molecule has 6 heteroatoms. The Kier molecular flexibility index (Phi) is 8.76. The second-order valence-electron chi connectivity index (χ2n) is 10.0. The number of hydrogen-bond acceptors (Lipinski definition) is 4. The summed E-state index contributed by atoms with van der Waals surface area (Å²) in [7, 11) is 0. The Labute approximate surface area is 260 Å². The molecule has 5 aromatic carbocycles. The van der Waals surface area contributed by atoms with Gasteiger partial charge >= 0.3 is 0 Å². The van der Waals surface area contributed by atoms with E-state index in [1.54, 1.807) is 0 Å². The van der Waals surface area contributed by atoms with Gasteiger partial charge in [-0.25, -0.2) is 9.67 Å². The van der Waals surface area contributed by atoms with Gasteiger partial charge in [0.1, 0.15) is 24.7 Å². The van der Waals surface area contributed by atoms with Crippen molar-refractivity contribution >= 4 is 28.0 Å². The first kappa shape index (κ1) is 28.2. The van der Waals surface area contributed by atoms with E-state index in [1.165, 1.54) is 0 Å². The van der Waals surface area contributed by atoms with E-state index < -0.39 is 0 Å². The van der Waals surface area contributed by atoms with Crippen molar-refractivity contribution in [2.45, 2.75) is 20.1 Å². The zero-order valence-electron chi connectivity index (χ0n) is 23.7. The van der Waals surface area contributed by atoms with Gasteiger partial charge in [-0.15, -0.1) is 0 Å². The molecule has 0 N–H and O–H groups in total. The Morgan fingerprint density at radius 3 is 2.05 bits per heavy atom. The number of halogens is 1. The number of para-hydroxylation sites is 1. The summed E-state index contributed by atoms with van der Waals surface area (Å²) in [4.78, 5) is 5.06. The maximum atomic E-state index is 6.36. The Balaban J connectivity index is 1.38. The van der Waals surface area contributed by atoms with Crippen molar-refractivity contribution in [2.24, 2.45) is 4.99 Å². The molecular formula is C37H30BrN3O2. The van der Waals surface area contributed by atoms with Crippen LogP contribution in [-0.2, 0) is 13.2 Å². The molecule has 0 amide bonds. The van der Waals surface area contributed by atoms with Gasteiger partial charge in [0.05, 0.1) is 11.4 Å². The molecule has 0 aliphatic rings. The summed E-state index contributed by atoms with van der Waals surface area (Å²) in [6.07, 6.45) is 1.85. The van der Waals surface area contributed by atoms with Gasteiger partial charge in [0.2, 0.25) is 0 Å². The van der Waals surface area contributed by atoms with Gasteiger partial charge in [-0.3, -0.25) is 0 Å². The minimum atomic E-state index is 0.425. The van der Waals surface area contributed by atoms with E-state index in [-0.39, 0.29) is 0 Å². The number of hydrogen-bond donors (Lipinski definition) is 0. The van der Waals surface area contributed by atoms with E-state index in [4.69, 9.17) is 19.6 Å². The Hall–Kier alpha value is -4.94. The summed E-state index contributed by atoms with van der Waals surface area (Å²) in [5, 5.41) is 4.90. The van der Waals surface area contributed by atoms with Crippen molar-refractivity contribution in [3.63, 3.8) is 0 Å². The average molecular weight is 629 g/mol. The number of aliphatic imine (C=N–C) groups is 1. The van der Waals surface area contributed by atoms with Crippen molar-refractivity contribution in [3.05, 3.63) is 160 Å². The smallest absolute Gasteiger partial charge is 0.163 e. The third-order valence-electron chi connectivity index (χ3n) is 6.95. The zero-order valence-corrected chi connectivity index (χ0v) is 25.3. The van der Waals surface area contributed by atoms with E-state index in [9.17, 15) is 0 Å². The fourth-order valence-electron chi connectivity index (χ4n) is 4.81. The molecule has 1 heterocycles. The van der Waals surface area contributed by atoms with Crippen molar-refractivity contribution in [1.82, 2.24) is 9.78 Å². The van der Waals surface area contributed by atoms with Gasteiger partial charge in [-0.1, -0.05) is 107 Å². The number of nitrogens with zero attached hydrogens (tertiary/aromatic N) is 3. The van der Waals surface area contributed by atoms with Crippen LogP contribution in [0.2, 0.25) is 0 Å². The van der Waals surface area contributed by atoms with Crippen LogP contribution < -0.4 is 9.47 Å². The van der Waals surface area contributed by atoms with Crippen LogP contribution in [0.4, 0.5) is 5.82 Å². The summed E-state index contributed by atoms with van der Waals surface area (Å²) < 4.78 is 15.4. The SMILES string of the molecule is Cc1nn(-c2ccccc2)c(N=Cc2ccc(OCc3ccccc3)cc2OCc2ccccc2)c1-c1cccc(Br)c1. The van der Waals surface area contributed by atoms with Gasteiger partial charge in [-0.05, 0) is 60.0 Å². The summed E-state index contributed by atoms with van der Waals surface area (Å²) in [6, 6.07) is 44.4. The molecule has 0 spiro atoms. The van der Waals surface area contributed by atoms with Crippen LogP contribution >= 0.6 is 15.9 Å². The molecule has 0 aliphatic carbocycles. The number of benzene rings is 5. The number of ether oxygens (including phenoxy) is 2. The molecule has 0 atom stereocenters. The van der Waals surface area contributed by atoms with Crippen LogP contribution in [0.15, 0.2) is 143 Å². The lowest BCUT2D eigenvalue weighted by Crippen LogP contribution is -2.01. The summed E-state index contributed by atoms with van der Waals surface area (Å²) in [5.74, 6) is 2.15. The molecule has 0 unspecified atom stereocenters. The molecular weight excluding hydrogens is 598 g/mol. The highest BCUT2D eigenvalue weighted by Crippen LogP contribution is 2.37. The largest absolute Gasteiger partial charge is 0.489 e. The van der Waals surface area contributed by atoms with Crippen LogP contribution in [0.3, 0.4) is 0 Å². The maximum Gasteiger partial charge on any atom is 0.163 e. The van der Waals surface area contributed by atoms with E-state index in [2.05, 4.69) is 52.3 Å². The molecule has 1 aromatic heterocycles. The lowest BCUT2D eigenvalue weighted by Gasteiger charge is -2.13.